The Morgan fingerprint density at radius 1 is 1.12 bits per heavy atom. The van der Waals surface area contributed by atoms with Crippen LogP contribution in [0.3, 0.4) is 0 Å². The lowest BCUT2D eigenvalue weighted by Gasteiger charge is -2.24. The molecule has 128 valence electrons. The van der Waals surface area contributed by atoms with Gasteiger partial charge in [-0.2, -0.15) is 0 Å². The van der Waals surface area contributed by atoms with E-state index in [0.717, 1.165) is 5.56 Å². The lowest BCUT2D eigenvalue weighted by molar-refractivity contribution is -0.149. The first-order chi connectivity index (χ1) is 11.5. The van der Waals surface area contributed by atoms with Crippen LogP contribution in [0.2, 0.25) is 0 Å². The van der Waals surface area contributed by atoms with E-state index in [1.54, 1.807) is 39.2 Å². The summed E-state index contributed by atoms with van der Waals surface area (Å²) >= 11 is 0. The van der Waals surface area contributed by atoms with E-state index in [4.69, 9.17) is 19.9 Å². The average Bonchev–Trinajstić information content (AvgIpc) is 2.60. The van der Waals surface area contributed by atoms with Crippen molar-refractivity contribution in [2.45, 2.75) is 26.0 Å². The standard InChI is InChI=1S/C19H23NO4/c1-4-23-18(21)19(2,20)15-10-11-16(22-3)17(12-15)24-13-14-8-6-5-7-9-14/h5-12H,4,13,20H2,1-3H3. The van der Waals surface area contributed by atoms with Crippen LogP contribution in [0.1, 0.15) is 25.0 Å². The Hall–Kier alpha value is -2.53. The fraction of sp³-hybridized carbons (Fsp3) is 0.316. The highest BCUT2D eigenvalue weighted by Crippen LogP contribution is 2.32. The molecule has 0 saturated carbocycles. The number of esters is 1. The lowest BCUT2D eigenvalue weighted by atomic mass is 9.93. The molecule has 0 aliphatic rings. The smallest absolute Gasteiger partial charge is 0.330 e. The summed E-state index contributed by atoms with van der Waals surface area (Å²) in [5, 5.41) is 0. The van der Waals surface area contributed by atoms with Gasteiger partial charge in [0.15, 0.2) is 11.5 Å². The normalized spacial score (nSPS) is 13.0. The first-order valence-corrected chi connectivity index (χ1v) is 7.80. The number of hydrogen-bond acceptors (Lipinski definition) is 5. The molecule has 1 atom stereocenters. The highest BCUT2D eigenvalue weighted by molar-refractivity contribution is 5.82. The number of methoxy groups -OCH3 is 1. The molecule has 0 aromatic heterocycles. The molecule has 0 amide bonds. The average molecular weight is 329 g/mol. The summed E-state index contributed by atoms with van der Waals surface area (Å²) < 4.78 is 16.2. The van der Waals surface area contributed by atoms with Gasteiger partial charge >= 0.3 is 5.97 Å². The molecule has 5 heteroatoms. The van der Waals surface area contributed by atoms with Gasteiger partial charge in [-0.3, -0.25) is 0 Å². The maximum atomic E-state index is 12.1. The summed E-state index contributed by atoms with van der Waals surface area (Å²) in [5.74, 6) is 0.623. The predicted octanol–water partition coefficient (Wildman–Crippen LogP) is 3.01. The third-order valence-corrected chi connectivity index (χ3v) is 3.70. The molecule has 0 aliphatic carbocycles. The van der Waals surface area contributed by atoms with Crippen molar-refractivity contribution < 1.29 is 19.0 Å². The Morgan fingerprint density at radius 3 is 2.46 bits per heavy atom. The predicted molar refractivity (Wildman–Crippen MR) is 91.9 cm³/mol. The summed E-state index contributed by atoms with van der Waals surface area (Å²) in [6.07, 6.45) is 0. The number of nitrogens with two attached hydrogens (primary N) is 1. The second-order valence-corrected chi connectivity index (χ2v) is 5.56. The number of hydrogen-bond donors (Lipinski definition) is 1. The molecule has 1 unspecified atom stereocenters. The largest absolute Gasteiger partial charge is 0.493 e. The summed E-state index contributed by atoms with van der Waals surface area (Å²) in [6.45, 7) is 4.03. The van der Waals surface area contributed by atoms with Gasteiger partial charge in [-0.1, -0.05) is 36.4 Å². The second kappa shape index (κ2) is 7.84. The van der Waals surface area contributed by atoms with Gasteiger partial charge in [-0.25, -0.2) is 4.79 Å². The Morgan fingerprint density at radius 2 is 1.83 bits per heavy atom. The second-order valence-electron chi connectivity index (χ2n) is 5.56. The van der Waals surface area contributed by atoms with E-state index in [1.807, 2.05) is 30.3 Å². The third-order valence-electron chi connectivity index (χ3n) is 3.70. The van der Waals surface area contributed by atoms with Crippen molar-refractivity contribution in [3.05, 3.63) is 59.7 Å². The van der Waals surface area contributed by atoms with Gasteiger partial charge in [-0.15, -0.1) is 0 Å². The minimum Gasteiger partial charge on any atom is -0.493 e. The molecule has 5 nitrogen and oxygen atoms in total. The zero-order valence-corrected chi connectivity index (χ0v) is 14.2. The van der Waals surface area contributed by atoms with Crippen molar-refractivity contribution in [3.8, 4) is 11.5 Å². The van der Waals surface area contributed by atoms with Crippen molar-refractivity contribution in [2.75, 3.05) is 13.7 Å². The minimum absolute atomic E-state index is 0.277. The van der Waals surface area contributed by atoms with Gasteiger partial charge in [0.05, 0.1) is 13.7 Å². The molecule has 0 bridgehead atoms. The highest BCUT2D eigenvalue weighted by Gasteiger charge is 2.33. The quantitative estimate of drug-likeness (QED) is 0.791. The molecule has 2 N–H and O–H groups in total. The van der Waals surface area contributed by atoms with Gasteiger partial charge in [0, 0.05) is 0 Å². The molecular weight excluding hydrogens is 306 g/mol. The first-order valence-electron chi connectivity index (χ1n) is 7.80. The Balaban J connectivity index is 2.25. The minimum atomic E-state index is -1.26. The zero-order valence-electron chi connectivity index (χ0n) is 14.2. The number of ether oxygens (including phenoxy) is 3. The van der Waals surface area contributed by atoms with Gasteiger partial charge in [-0.05, 0) is 37.1 Å². The van der Waals surface area contributed by atoms with Crippen LogP contribution in [-0.4, -0.2) is 19.7 Å². The molecule has 2 aromatic rings. The fourth-order valence-electron chi connectivity index (χ4n) is 2.25. The molecule has 0 radical (unpaired) electrons. The topological polar surface area (TPSA) is 70.8 Å². The van der Waals surface area contributed by atoms with Crippen LogP contribution in [-0.2, 0) is 21.7 Å². The molecule has 2 rings (SSSR count). The van der Waals surface area contributed by atoms with Crippen molar-refractivity contribution >= 4 is 5.97 Å². The molecule has 0 saturated heterocycles. The van der Waals surface area contributed by atoms with Crippen LogP contribution >= 0.6 is 0 Å². The highest BCUT2D eigenvalue weighted by atomic mass is 16.5. The number of carbonyl (C=O) groups is 1. The van der Waals surface area contributed by atoms with E-state index in [-0.39, 0.29) is 6.61 Å². The van der Waals surface area contributed by atoms with Crippen LogP contribution < -0.4 is 15.2 Å². The fourth-order valence-corrected chi connectivity index (χ4v) is 2.25. The maximum absolute atomic E-state index is 12.1. The van der Waals surface area contributed by atoms with Gasteiger partial charge in [0.2, 0.25) is 0 Å². The SMILES string of the molecule is CCOC(=O)C(C)(N)c1ccc(OC)c(OCc2ccccc2)c1. The van der Waals surface area contributed by atoms with Crippen LogP contribution in [0, 0.1) is 0 Å². The zero-order chi connectivity index (χ0) is 17.6. The van der Waals surface area contributed by atoms with Gasteiger partial charge < -0.3 is 19.9 Å². The number of rotatable bonds is 7. The van der Waals surface area contributed by atoms with Crippen LogP contribution in [0.5, 0.6) is 11.5 Å². The first kappa shape index (κ1) is 17.8. The van der Waals surface area contributed by atoms with Crippen molar-refractivity contribution in [2.24, 2.45) is 5.73 Å². The van der Waals surface area contributed by atoms with E-state index in [1.165, 1.54) is 0 Å². The van der Waals surface area contributed by atoms with E-state index >= 15 is 0 Å². The van der Waals surface area contributed by atoms with Crippen molar-refractivity contribution in [3.63, 3.8) is 0 Å². The maximum Gasteiger partial charge on any atom is 0.330 e. The summed E-state index contributed by atoms with van der Waals surface area (Å²) in [6, 6.07) is 15.0. The third kappa shape index (κ3) is 4.06. The molecule has 0 fully saturated rings. The van der Waals surface area contributed by atoms with Crippen LogP contribution in [0.4, 0.5) is 0 Å². The summed E-state index contributed by atoms with van der Waals surface area (Å²) in [4.78, 5) is 12.1. The monoisotopic (exact) mass is 329 g/mol. The summed E-state index contributed by atoms with van der Waals surface area (Å²) in [7, 11) is 1.57. The summed E-state index contributed by atoms with van der Waals surface area (Å²) in [5.41, 5.74) is 6.54. The molecule has 24 heavy (non-hydrogen) atoms. The molecule has 0 aliphatic heterocycles. The number of carbonyl (C=O) groups excluding carboxylic acids is 1. The van der Waals surface area contributed by atoms with E-state index in [9.17, 15) is 4.79 Å². The number of benzene rings is 2. The Labute approximate surface area is 142 Å². The molecule has 0 heterocycles. The van der Waals surface area contributed by atoms with Crippen LogP contribution in [0.15, 0.2) is 48.5 Å². The van der Waals surface area contributed by atoms with Crippen LogP contribution in [0.25, 0.3) is 0 Å². The molecule has 2 aromatic carbocycles. The van der Waals surface area contributed by atoms with Crippen molar-refractivity contribution in [1.82, 2.24) is 0 Å². The molecular formula is C19H23NO4. The van der Waals surface area contributed by atoms with Gasteiger partial charge in [0.1, 0.15) is 12.1 Å². The van der Waals surface area contributed by atoms with E-state index < -0.39 is 11.5 Å². The molecule has 0 spiro atoms. The van der Waals surface area contributed by atoms with E-state index in [2.05, 4.69) is 0 Å². The lowest BCUT2D eigenvalue weighted by Crippen LogP contribution is -2.43. The van der Waals surface area contributed by atoms with Gasteiger partial charge in [0.25, 0.3) is 0 Å². The van der Waals surface area contributed by atoms with E-state index in [0.29, 0.717) is 23.7 Å². The van der Waals surface area contributed by atoms with Crippen molar-refractivity contribution in [1.29, 1.82) is 0 Å². The Bertz CT molecular complexity index is 683. The Kier molecular flexibility index (Phi) is 5.82.